The van der Waals surface area contributed by atoms with E-state index in [0.29, 0.717) is 0 Å². The standard InChI is InChI=1S/C18H15F4N3O/c19-14-6-4-13(5-7-14)17(11-24-12-25-15(17)18(20,21)22)26-16(10-23)8-2-1-3-9-16/h1-8,11,15,25H,9,12H2. The monoisotopic (exact) mass is 365 g/mol. The van der Waals surface area contributed by atoms with Crippen molar-refractivity contribution < 1.29 is 22.3 Å². The smallest absolute Gasteiger partial charge is 0.337 e. The van der Waals surface area contributed by atoms with Crippen LogP contribution in [0, 0.1) is 17.1 Å². The van der Waals surface area contributed by atoms with Gasteiger partial charge in [-0.15, -0.1) is 0 Å². The van der Waals surface area contributed by atoms with Crippen LogP contribution in [-0.4, -0.2) is 30.7 Å². The molecule has 0 amide bonds. The summed E-state index contributed by atoms with van der Waals surface area (Å²) in [6.45, 7) is -0.244. The molecule has 0 spiro atoms. The minimum Gasteiger partial charge on any atom is -0.337 e. The van der Waals surface area contributed by atoms with Gasteiger partial charge in [0.05, 0.1) is 6.67 Å². The van der Waals surface area contributed by atoms with Gasteiger partial charge in [0.2, 0.25) is 0 Å². The first-order valence-electron chi connectivity index (χ1n) is 7.84. The number of halogens is 4. The van der Waals surface area contributed by atoms with E-state index in [9.17, 15) is 22.8 Å². The molecule has 1 aromatic rings. The van der Waals surface area contributed by atoms with Gasteiger partial charge in [0, 0.05) is 12.6 Å². The van der Waals surface area contributed by atoms with Gasteiger partial charge in [0.25, 0.3) is 0 Å². The van der Waals surface area contributed by atoms with E-state index in [4.69, 9.17) is 4.74 Å². The lowest BCUT2D eigenvalue weighted by Crippen LogP contribution is -2.63. The van der Waals surface area contributed by atoms with Crippen LogP contribution in [0.3, 0.4) is 0 Å². The normalized spacial score (nSPS) is 31.0. The number of ether oxygens (including phenoxy) is 1. The number of alkyl halides is 3. The third-order valence-corrected chi connectivity index (χ3v) is 4.30. The first-order chi connectivity index (χ1) is 12.3. The first kappa shape index (κ1) is 18.3. The molecule has 3 atom stereocenters. The summed E-state index contributed by atoms with van der Waals surface area (Å²) in [5, 5.41) is 11.9. The quantitative estimate of drug-likeness (QED) is 0.836. The zero-order valence-electron chi connectivity index (χ0n) is 13.5. The van der Waals surface area contributed by atoms with E-state index >= 15 is 0 Å². The maximum absolute atomic E-state index is 13.8. The number of aliphatic imine (C=N–C) groups is 1. The van der Waals surface area contributed by atoms with Gasteiger partial charge in [-0.2, -0.15) is 18.4 Å². The van der Waals surface area contributed by atoms with E-state index in [1.165, 1.54) is 18.2 Å². The van der Waals surface area contributed by atoms with Crippen molar-refractivity contribution in [2.24, 2.45) is 4.99 Å². The second kappa shape index (κ2) is 6.67. The van der Waals surface area contributed by atoms with Gasteiger partial charge in [0.1, 0.15) is 17.9 Å². The van der Waals surface area contributed by atoms with Gasteiger partial charge in [0.15, 0.2) is 11.2 Å². The van der Waals surface area contributed by atoms with E-state index < -0.39 is 29.2 Å². The molecule has 136 valence electrons. The minimum atomic E-state index is -4.69. The number of hydrogen-bond acceptors (Lipinski definition) is 4. The Kier molecular flexibility index (Phi) is 4.69. The van der Waals surface area contributed by atoms with Crippen molar-refractivity contribution in [3.8, 4) is 6.07 Å². The average Bonchev–Trinajstić information content (AvgIpc) is 2.62. The van der Waals surface area contributed by atoms with Crippen molar-refractivity contribution in [1.82, 2.24) is 5.32 Å². The summed E-state index contributed by atoms with van der Waals surface area (Å²) in [6, 6.07) is 4.31. The largest absolute Gasteiger partial charge is 0.407 e. The van der Waals surface area contributed by atoms with Gasteiger partial charge in [-0.05, 0) is 23.8 Å². The van der Waals surface area contributed by atoms with Gasteiger partial charge in [-0.1, -0.05) is 30.4 Å². The third kappa shape index (κ3) is 3.28. The first-order valence-corrected chi connectivity index (χ1v) is 7.84. The van der Waals surface area contributed by atoms with Crippen molar-refractivity contribution in [1.29, 1.82) is 5.26 Å². The number of nitrogens with zero attached hydrogens (tertiary/aromatic N) is 2. The fourth-order valence-electron chi connectivity index (χ4n) is 3.09. The average molecular weight is 365 g/mol. The summed E-state index contributed by atoms with van der Waals surface area (Å²) in [6.07, 6.45) is 2.72. The number of allylic oxidation sites excluding steroid dienone is 2. The molecule has 0 saturated heterocycles. The molecule has 0 radical (unpaired) electrons. The molecule has 0 saturated carbocycles. The predicted octanol–water partition coefficient (Wildman–Crippen LogP) is 3.38. The van der Waals surface area contributed by atoms with Crippen LogP contribution in [0.15, 0.2) is 53.6 Å². The Balaban J connectivity index is 2.16. The Hall–Kier alpha value is -2.50. The Labute approximate surface area is 147 Å². The molecule has 8 heteroatoms. The highest BCUT2D eigenvalue weighted by Gasteiger charge is 2.58. The molecular formula is C18H15F4N3O. The second-order valence-electron chi connectivity index (χ2n) is 6.04. The number of nitriles is 1. The molecule has 3 rings (SSSR count). The van der Waals surface area contributed by atoms with Crippen molar-refractivity contribution in [3.63, 3.8) is 0 Å². The lowest BCUT2D eigenvalue weighted by molar-refractivity contribution is -0.214. The molecule has 2 aliphatic rings. The fourth-order valence-corrected chi connectivity index (χ4v) is 3.09. The molecule has 1 aliphatic carbocycles. The highest BCUT2D eigenvalue weighted by Crippen LogP contribution is 2.42. The number of hydrogen-bond donors (Lipinski definition) is 1. The number of nitrogens with one attached hydrogen (secondary N) is 1. The van der Waals surface area contributed by atoms with E-state index in [1.54, 1.807) is 18.2 Å². The summed E-state index contributed by atoms with van der Waals surface area (Å²) in [7, 11) is 0. The molecule has 26 heavy (non-hydrogen) atoms. The Bertz CT molecular complexity index is 794. The highest BCUT2D eigenvalue weighted by atomic mass is 19.4. The van der Waals surface area contributed by atoms with Gasteiger partial charge in [-0.25, -0.2) is 4.39 Å². The van der Waals surface area contributed by atoms with Crippen LogP contribution in [0.1, 0.15) is 12.0 Å². The minimum absolute atomic E-state index is 0.0507. The predicted molar refractivity (Wildman–Crippen MR) is 86.7 cm³/mol. The Morgan fingerprint density at radius 1 is 1.23 bits per heavy atom. The zero-order valence-corrected chi connectivity index (χ0v) is 13.5. The van der Waals surface area contributed by atoms with E-state index in [0.717, 1.165) is 18.3 Å². The summed E-state index contributed by atoms with van der Waals surface area (Å²) in [4.78, 5) is 3.92. The van der Waals surface area contributed by atoms with E-state index in [-0.39, 0.29) is 18.7 Å². The van der Waals surface area contributed by atoms with Crippen LogP contribution in [0.2, 0.25) is 0 Å². The number of rotatable bonds is 3. The summed E-state index contributed by atoms with van der Waals surface area (Å²) >= 11 is 0. The van der Waals surface area contributed by atoms with Crippen LogP contribution < -0.4 is 5.32 Å². The summed E-state index contributed by atoms with van der Waals surface area (Å²) in [5.41, 5.74) is -3.66. The molecule has 1 heterocycles. The molecule has 0 fully saturated rings. The van der Waals surface area contributed by atoms with E-state index in [2.05, 4.69) is 10.3 Å². The van der Waals surface area contributed by atoms with Crippen molar-refractivity contribution in [3.05, 3.63) is 60.0 Å². The van der Waals surface area contributed by atoms with Crippen LogP contribution in [0.25, 0.3) is 0 Å². The summed E-state index contributed by atoms with van der Waals surface area (Å²) < 4.78 is 60.6. The lowest BCUT2D eigenvalue weighted by Gasteiger charge is -2.45. The van der Waals surface area contributed by atoms with Crippen LogP contribution in [0.4, 0.5) is 17.6 Å². The molecule has 3 unspecified atom stereocenters. The maximum Gasteiger partial charge on any atom is 0.407 e. The van der Waals surface area contributed by atoms with Crippen molar-refractivity contribution in [2.45, 2.75) is 29.8 Å². The molecule has 1 aliphatic heterocycles. The Morgan fingerprint density at radius 3 is 2.54 bits per heavy atom. The third-order valence-electron chi connectivity index (χ3n) is 4.30. The van der Waals surface area contributed by atoms with Crippen molar-refractivity contribution in [2.75, 3.05) is 6.67 Å². The van der Waals surface area contributed by atoms with Crippen LogP contribution >= 0.6 is 0 Å². The second-order valence-corrected chi connectivity index (χ2v) is 6.04. The Morgan fingerprint density at radius 2 is 1.96 bits per heavy atom. The lowest BCUT2D eigenvalue weighted by atomic mass is 9.83. The summed E-state index contributed by atoms with van der Waals surface area (Å²) in [5.74, 6) is -0.594. The van der Waals surface area contributed by atoms with Gasteiger partial charge >= 0.3 is 6.18 Å². The molecule has 0 aromatic heterocycles. The SMILES string of the molecule is N#CC1(OC2(c3ccc(F)cc3)C=NCNC2C(F)(F)F)C=CC=CC1. The topological polar surface area (TPSA) is 57.4 Å². The van der Waals surface area contributed by atoms with Gasteiger partial charge < -0.3 is 4.74 Å². The zero-order chi connectivity index (χ0) is 18.8. The maximum atomic E-state index is 13.8. The van der Waals surface area contributed by atoms with Crippen LogP contribution in [0.5, 0.6) is 0 Å². The molecular weight excluding hydrogens is 350 g/mol. The van der Waals surface area contributed by atoms with E-state index in [1.807, 2.05) is 6.07 Å². The van der Waals surface area contributed by atoms with Gasteiger partial charge in [-0.3, -0.25) is 10.3 Å². The number of benzene rings is 1. The molecule has 0 bridgehead atoms. The molecule has 4 nitrogen and oxygen atoms in total. The molecule has 1 aromatic carbocycles. The molecule has 1 N–H and O–H groups in total. The van der Waals surface area contributed by atoms with Crippen molar-refractivity contribution >= 4 is 6.21 Å². The van der Waals surface area contributed by atoms with Crippen LogP contribution in [-0.2, 0) is 10.3 Å². The highest BCUT2D eigenvalue weighted by molar-refractivity contribution is 5.74. The fraction of sp³-hybridized carbons (Fsp3) is 0.333.